The van der Waals surface area contributed by atoms with Gasteiger partial charge in [-0.1, -0.05) is 17.7 Å². The molecule has 1 heterocycles. The molecule has 1 aliphatic rings. The average molecular weight is 303 g/mol. The van der Waals surface area contributed by atoms with Crippen molar-refractivity contribution in [2.24, 2.45) is 0 Å². The summed E-state index contributed by atoms with van der Waals surface area (Å²) in [7, 11) is 1.70. The lowest BCUT2D eigenvalue weighted by Gasteiger charge is -2.28. The number of rotatable bonds is 3. The van der Waals surface area contributed by atoms with Crippen LogP contribution in [0.3, 0.4) is 0 Å². The van der Waals surface area contributed by atoms with Crippen LogP contribution in [-0.2, 0) is 6.42 Å². The van der Waals surface area contributed by atoms with E-state index in [1.165, 1.54) is 17.5 Å². The molecule has 0 aliphatic heterocycles. The number of pyridine rings is 1. The first-order chi connectivity index (χ1) is 10.2. The van der Waals surface area contributed by atoms with Gasteiger partial charge in [0.25, 0.3) is 0 Å². The highest BCUT2D eigenvalue weighted by Crippen LogP contribution is 2.36. The van der Waals surface area contributed by atoms with Gasteiger partial charge in [0.15, 0.2) is 5.15 Å². The Bertz CT molecular complexity index is 637. The lowest BCUT2D eigenvalue weighted by atomic mass is 9.87. The maximum absolute atomic E-state index is 6.24. The zero-order chi connectivity index (χ0) is 14.8. The molecule has 0 amide bonds. The van der Waals surface area contributed by atoms with Crippen LogP contribution in [0.2, 0.25) is 5.15 Å². The molecule has 1 aliphatic carbocycles. The number of nitrogens with one attached hydrogen (secondary N) is 1. The Morgan fingerprint density at radius 3 is 2.95 bits per heavy atom. The Kier molecular flexibility index (Phi) is 4.02. The summed E-state index contributed by atoms with van der Waals surface area (Å²) in [6.45, 7) is 2.05. The van der Waals surface area contributed by atoms with Gasteiger partial charge in [-0.05, 0) is 61.1 Å². The summed E-state index contributed by atoms with van der Waals surface area (Å²) in [6.07, 6.45) is 5.12. The van der Waals surface area contributed by atoms with Gasteiger partial charge in [-0.2, -0.15) is 0 Å². The summed E-state index contributed by atoms with van der Waals surface area (Å²) in [6, 6.07) is 8.56. The van der Waals surface area contributed by atoms with E-state index in [9.17, 15) is 0 Å². The summed E-state index contributed by atoms with van der Waals surface area (Å²) >= 11 is 6.24. The highest BCUT2D eigenvalue weighted by Gasteiger charge is 2.22. The molecule has 0 spiro atoms. The number of fused-ring (bicyclic) bond motifs is 1. The quantitative estimate of drug-likeness (QED) is 0.845. The number of halogens is 1. The summed E-state index contributed by atoms with van der Waals surface area (Å²) in [5, 5.41) is 4.11. The number of nitrogens with zero attached hydrogens (tertiary/aromatic N) is 1. The first kappa shape index (κ1) is 14.2. The van der Waals surface area contributed by atoms with Gasteiger partial charge in [-0.3, -0.25) is 0 Å². The molecule has 1 N–H and O–H groups in total. The Morgan fingerprint density at radius 1 is 1.33 bits per heavy atom. The molecular weight excluding hydrogens is 284 g/mol. The predicted molar refractivity (Wildman–Crippen MR) is 86.3 cm³/mol. The third-order valence-electron chi connectivity index (χ3n) is 4.10. The number of aromatic nitrogens is 1. The van der Waals surface area contributed by atoms with Crippen molar-refractivity contribution in [3.63, 3.8) is 0 Å². The van der Waals surface area contributed by atoms with E-state index in [1.54, 1.807) is 13.3 Å². The highest BCUT2D eigenvalue weighted by atomic mass is 35.5. The molecule has 3 nitrogen and oxygen atoms in total. The van der Waals surface area contributed by atoms with Crippen LogP contribution in [0, 0.1) is 6.92 Å². The van der Waals surface area contributed by atoms with E-state index in [0.717, 1.165) is 29.8 Å². The number of ether oxygens (including phenoxy) is 1. The lowest BCUT2D eigenvalue weighted by Crippen LogP contribution is -2.18. The second-order valence-corrected chi connectivity index (χ2v) is 5.81. The molecule has 1 atom stereocenters. The Balaban J connectivity index is 1.95. The SMILES string of the molecule is COc1ccc2c(c1)C(Nc1c(C)ccnc1Cl)CCC2. The fourth-order valence-corrected chi connectivity index (χ4v) is 3.19. The van der Waals surface area contributed by atoms with Gasteiger partial charge in [0, 0.05) is 6.20 Å². The van der Waals surface area contributed by atoms with Crippen LogP contribution in [-0.4, -0.2) is 12.1 Å². The third-order valence-corrected chi connectivity index (χ3v) is 4.39. The van der Waals surface area contributed by atoms with Gasteiger partial charge in [0.05, 0.1) is 18.8 Å². The van der Waals surface area contributed by atoms with E-state index < -0.39 is 0 Å². The Hall–Kier alpha value is -1.74. The van der Waals surface area contributed by atoms with Crippen LogP contribution in [0.25, 0.3) is 0 Å². The van der Waals surface area contributed by atoms with E-state index in [0.29, 0.717) is 5.15 Å². The molecule has 4 heteroatoms. The van der Waals surface area contributed by atoms with Gasteiger partial charge >= 0.3 is 0 Å². The number of hydrogen-bond acceptors (Lipinski definition) is 3. The highest BCUT2D eigenvalue weighted by molar-refractivity contribution is 6.32. The Labute approximate surface area is 130 Å². The van der Waals surface area contributed by atoms with E-state index in [1.807, 2.05) is 19.1 Å². The van der Waals surface area contributed by atoms with Gasteiger partial charge in [-0.15, -0.1) is 0 Å². The predicted octanol–water partition coefficient (Wildman–Crippen LogP) is 4.54. The minimum Gasteiger partial charge on any atom is -0.497 e. The minimum atomic E-state index is 0.254. The molecule has 2 aromatic rings. The van der Waals surface area contributed by atoms with Crippen molar-refractivity contribution in [1.82, 2.24) is 4.98 Å². The van der Waals surface area contributed by atoms with Crippen molar-refractivity contribution in [1.29, 1.82) is 0 Å². The molecule has 0 saturated carbocycles. The number of aryl methyl sites for hydroxylation is 2. The van der Waals surface area contributed by atoms with Crippen LogP contribution in [0.1, 0.15) is 35.6 Å². The zero-order valence-electron chi connectivity index (χ0n) is 12.3. The maximum Gasteiger partial charge on any atom is 0.152 e. The monoisotopic (exact) mass is 302 g/mol. The second-order valence-electron chi connectivity index (χ2n) is 5.45. The summed E-state index contributed by atoms with van der Waals surface area (Å²) in [5.74, 6) is 0.899. The van der Waals surface area contributed by atoms with E-state index in [2.05, 4.69) is 22.4 Å². The van der Waals surface area contributed by atoms with E-state index in [-0.39, 0.29) is 6.04 Å². The summed E-state index contributed by atoms with van der Waals surface area (Å²) in [4.78, 5) is 4.17. The smallest absolute Gasteiger partial charge is 0.152 e. The number of benzene rings is 1. The fourth-order valence-electron chi connectivity index (χ4n) is 2.93. The molecule has 110 valence electrons. The normalized spacial score (nSPS) is 17.2. The topological polar surface area (TPSA) is 34.1 Å². The van der Waals surface area contributed by atoms with Crippen molar-refractivity contribution in [2.45, 2.75) is 32.2 Å². The van der Waals surface area contributed by atoms with Crippen molar-refractivity contribution >= 4 is 17.3 Å². The van der Waals surface area contributed by atoms with Crippen LogP contribution in [0.15, 0.2) is 30.5 Å². The van der Waals surface area contributed by atoms with Gasteiger partial charge in [0.1, 0.15) is 5.75 Å². The van der Waals surface area contributed by atoms with Crippen LogP contribution in [0.5, 0.6) is 5.75 Å². The molecule has 0 fully saturated rings. The largest absolute Gasteiger partial charge is 0.497 e. The van der Waals surface area contributed by atoms with E-state index >= 15 is 0 Å². The standard InChI is InChI=1S/C17H19ClN2O/c1-11-8-9-19-17(18)16(11)20-15-5-3-4-12-6-7-13(21-2)10-14(12)15/h6-10,15,20H,3-5H2,1-2H3. The maximum atomic E-state index is 6.24. The van der Waals surface area contributed by atoms with Gasteiger partial charge in [0.2, 0.25) is 0 Å². The first-order valence-electron chi connectivity index (χ1n) is 7.23. The minimum absolute atomic E-state index is 0.254. The van der Waals surface area contributed by atoms with Crippen LogP contribution >= 0.6 is 11.6 Å². The number of methoxy groups -OCH3 is 1. The fraction of sp³-hybridized carbons (Fsp3) is 0.353. The number of anilines is 1. The molecule has 1 unspecified atom stereocenters. The van der Waals surface area contributed by atoms with E-state index in [4.69, 9.17) is 16.3 Å². The molecule has 21 heavy (non-hydrogen) atoms. The van der Waals surface area contributed by atoms with Crippen LogP contribution < -0.4 is 10.1 Å². The third kappa shape index (κ3) is 2.84. The Morgan fingerprint density at radius 2 is 2.19 bits per heavy atom. The molecular formula is C17H19ClN2O. The summed E-state index contributed by atoms with van der Waals surface area (Å²) < 4.78 is 5.36. The van der Waals surface area contributed by atoms with Gasteiger partial charge < -0.3 is 10.1 Å². The molecule has 1 aromatic carbocycles. The molecule has 3 rings (SSSR count). The number of hydrogen-bond donors (Lipinski definition) is 1. The molecule has 0 bridgehead atoms. The first-order valence-corrected chi connectivity index (χ1v) is 7.61. The summed E-state index contributed by atoms with van der Waals surface area (Å²) in [5.41, 5.74) is 4.74. The van der Waals surface area contributed by atoms with Gasteiger partial charge in [-0.25, -0.2) is 4.98 Å². The van der Waals surface area contributed by atoms with Crippen LogP contribution in [0.4, 0.5) is 5.69 Å². The molecule has 1 aromatic heterocycles. The average Bonchev–Trinajstić information content (AvgIpc) is 2.50. The van der Waals surface area contributed by atoms with Crippen molar-refractivity contribution in [2.75, 3.05) is 12.4 Å². The molecule has 0 saturated heterocycles. The van der Waals surface area contributed by atoms with Crippen molar-refractivity contribution < 1.29 is 4.74 Å². The molecule has 0 radical (unpaired) electrons. The second kappa shape index (κ2) is 5.94. The zero-order valence-corrected chi connectivity index (χ0v) is 13.1. The van der Waals surface area contributed by atoms with Crippen molar-refractivity contribution in [3.8, 4) is 5.75 Å². The lowest BCUT2D eigenvalue weighted by molar-refractivity contribution is 0.413. The van der Waals surface area contributed by atoms with Crippen molar-refractivity contribution in [3.05, 3.63) is 52.3 Å².